The van der Waals surface area contributed by atoms with Crippen LogP contribution in [0.15, 0.2) is 52.9 Å². The summed E-state index contributed by atoms with van der Waals surface area (Å²) in [6.07, 6.45) is 0.0921. The number of aryl methyl sites for hydroxylation is 1. The summed E-state index contributed by atoms with van der Waals surface area (Å²) in [4.78, 5) is 14.1. The van der Waals surface area contributed by atoms with Crippen molar-refractivity contribution in [2.75, 3.05) is 7.05 Å². The molecule has 0 N–H and O–H groups in total. The minimum absolute atomic E-state index is 0.0921. The molecule has 0 aliphatic rings. The SMILES string of the molecule is Cc1ccc(-c2nnc(CN(C)C(=O)c3ccc(OC(C)C)cc3)o2)cc1. The van der Waals surface area contributed by atoms with E-state index >= 15 is 0 Å². The Bertz CT molecular complexity index is 899. The third-order valence-electron chi connectivity index (χ3n) is 3.96. The molecular formula is C21H23N3O3. The lowest BCUT2D eigenvalue weighted by atomic mass is 10.1. The van der Waals surface area contributed by atoms with Gasteiger partial charge in [0.25, 0.3) is 5.91 Å². The van der Waals surface area contributed by atoms with Crippen LogP contribution in [-0.2, 0) is 6.54 Å². The van der Waals surface area contributed by atoms with Crippen LogP contribution in [0.5, 0.6) is 5.75 Å². The van der Waals surface area contributed by atoms with E-state index < -0.39 is 0 Å². The van der Waals surface area contributed by atoms with Gasteiger partial charge in [0.1, 0.15) is 5.75 Å². The van der Waals surface area contributed by atoms with Crippen molar-refractivity contribution in [1.82, 2.24) is 15.1 Å². The number of benzene rings is 2. The van der Waals surface area contributed by atoms with Crippen molar-refractivity contribution in [3.63, 3.8) is 0 Å². The predicted octanol–water partition coefficient (Wildman–Crippen LogP) is 4.10. The van der Waals surface area contributed by atoms with Gasteiger partial charge in [-0.15, -0.1) is 10.2 Å². The molecule has 27 heavy (non-hydrogen) atoms. The largest absolute Gasteiger partial charge is 0.491 e. The molecule has 0 radical (unpaired) electrons. The molecule has 0 unspecified atom stereocenters. The summed E-state index contributed by atoms with van der Waals surface area (Å²) >= 11 is 0. The lowest BCUT2D eigenvalue weighted by molar-refractivity contribution is 0.0773. The second kappa shape index (κ2) is 8.03. The van der Waals surface area contributed by atoms with Gasteiger partial charge < -0.3 is 14.1 Å². The van der Waals surface area contributed by atoms with Crippen molar-refractivity contribution < 1.29 is 13.9 Å². The van der Waals surface area contributed by atoms with Gasteiger partial charge in [-0.3, -0.25) is 4.79 Å². The first-order chi connectivity index (χ1) is 12.9. The highest BCUT2D eigenvalue weighted by Crippen LogP contribution is 2.19. The van der Waals surface area contributed by atoms with Crippen LogP contribution in [0.2, 0.25) is 0 Å². The maximum absolute atomic E-state index is 12.6. The molecule has 0 saturated heterocycles. The molecule has 3 aromatic rings. The fraction of sp³-hybridized carbons (Fsp3) is 0.286. The zero-order chi connectivity index (χ0) is 19.4. The molecule has 6 heteroatoms. The molecule has 3 rings (SSSR count). The third-order valence-corrected chi connectivity index (χ3v) is 3.96. The number of carbonyl (C=O) groups excluding carboxylic acids is 1. The summed E-state index contributed by atoms with van der Waals surface area (Å²) in [5.41, 5.74) is 2.59. The van der Waals surface area contributed by atoms with Crippen LogP contribution in [0.3, 0.4) is 0 Å². The maximum Gasteiger partial charge on any atom is 0.254 e. The van der Waals surface area contributed by atoms with Crippen LogP contribution in [0.4, 0.5) is 0 Å². The number of hydrogen-bond donors (Lipinski definition) is 0. The topological polar surface area (TPSA) is 68.5 Å². The summed E-state index contributed by atoms with van der Waals surface area (Å²) in [6, 6.07) is 14.9. The first-order valence-corrected chi connectivity index (χ1v) is 8.84. The van der Waals surface area contributed by atoms with Crippen molar-refractivity contribution >= 4 is 5.91 Å². The maximum atomic E-state index is 12.6. The van der Waals surface area contributed by atoms with Gasteiger partial charge in [0.05, 0.1) is 12.6 Å². The molecule has 0 atom stereocenters. The van der Waals surface area contributed by atoms with E-state index in [1.807, 2.05) is 45.0 Å². The Morgan fingerprint density at radius 1 is 1.07 bits per heavy atom. The van der Waals surface area contributed by atoms with E-state index in [2.05, 4.69) is 10.2 Å². The van der Waals surface area contributed by atoms with E-state index in [1.54, 1.807) is 36.2 Å². The monoisotopic (exact) mass is 365 g/mol. The molecule has 0 aliphatic heterocycles. The minimum Gasteiger partial charge on any atom is -0.491 e. The number of hydrogen-bond acceptors (Lipinski definition) is 5. The van der Waals surface area contributed by atoms with Gasteiger partial charge in [-0.05, 0) is 57.2 Å². The predicted molar refractivity (Wildman–Crippen MR) is 102 cm³/mol. The summed E-state index contributed by atoms with van der Waals surface area (Å²) in [6.45, 7) is 6.18. The zero-order valence-electron chi connectivity index (χ0n) is 16.0. The van der Waals surface area contributed by atoms with Crippen LogP contribution in [-0.4, -0.2) is 34.2 Å². The highest BCUT2D eigenvalue weighted by Gasteiger charge is 2.16. The fourth-order valence-corrected chi connectivity index (χ4v) is 2.57. The zero-order valence-corrected chi connectivity index (χ0v) is 16.0. The Morgan fingerprint density at radius 2 is 1.74 bits per heavy atom. The van der Waals surface area contributed by atoms with Crippen LogP contribution in [0.1, 0.15) is 35.7 Å². The van der Waals surface area contributed by atoms with Crippen molar-refractivity contribution in [1.29, 1.82) is 0 Å². The molecule has 0 spiro atoms. The molecule has 1 amide bonds. The average Bonchev–Trinajstić information content (AvgIpc) is 3.10. The number of ether oxygens (including phenoxy) is 1. The molecular weight excluding hydrogens is 342 g/mol. The van der Waals surface area contributed by atoms with Crippen molar-refractivity contribution in [2.45, 2.75) is 33.4 Å². The van der Waals surface area contributed by atoms with Gasteiger partial charge in [-0.25, -0.2) is 0 Å². The molecule has 1 heterocycles. The highest BCUT2D eigenvalue weighted by molar-refractivity contribution is 5.94. The molecule has 0 fully saturated rings. The standard InChI is InChI=1S/C21H23N3O3/c1-14(2)26-18-11-9-17(10-12-18)21(25)24(4)13-19-22-23-20(27-19)16-7-5-15(3)6-8-16/h5-12,14H,13H2,1-4H3. The van der Waals surface area contributed by atoms with Crippen LogP contribution in [0, 0.1) is 6.92 Å². The number of amides is 1. The van der Waals surface area contributed by atoms with Crippen LogP contribution < -0.4 is 4.74 Å². The molecule has 2 aromatic carbocycles. The van der Waals surface area contributed by atoms with E-state index in [0.717, 1.165) is 16.9 Å². The summed E-state index contributed by atoms with van der Waals surface area (Å²) < 4.78 is 11.3. The van der Waals surface area contributed by atoms with E-state index in [-0.39, 0.29) is 18.6 Å². The van der Waals surface area contributed by atoms with Gasteiger partial charge in [-0.2, -0.15) is 0 Å². The first kappa shape index (κ1) is 18.6. The van der Waals surface area contributed by atoms with E-state index in [9.17, 15) is 4.79 Å². The van der Waals surface area contributed by atoms with Gasteiger partial charge >= 0.3 is 0 Å². The van der Waals surface area contributed by atoms with E-state index in [4.69, 9.17) is 9.15 Å². The summed E-state index contributed by atoms with van der Waals surface area (Å²) in [5.74, 6) is 1.45. The van der Waals surface area contributed by atoms with Crippen molar-refractivity contribution in [3.8, 4) is 17.2 Å². The van der Waals surface area contributed by atoms with Crippen LogP contribution in [0.25, 0.3) is 11.5 Å². The van der Waals surface area contributed by atoms with Crippen molar-refractivity contribution in [3.05, 3.63) is 65.5 Å². The molecule has 0 bridgehead atoms. The summed E-state index contributed by atoms with van der Waals surface area (Å²) in [7, 11) is 1.70. The molecule has 0 saturated carbocycles. The summed E-state index contributed by atoms with van der Waals surface area (Å²) in [5, 5.41) is 8.12. The molecule has 140 valence electrons. The Balaban J connectivity index is 1.65. The van der Waals surface area contributed by atoms with Gasteiger partial charge in [-0.1, -0.05) is 17.7 Å². The minimum atomic E-state index is -0.124. The second-order valence-electron chi connectivity index (χ2n) is 6.72. The normalized spacial score (nSPS) is 10.9. The fourth-order valence-electron chi connectivity index (χ4n) is 2.57. The van der Waals surface area contributed by atoms with Crippen LogP contribution >= 0.6 is 0 Å². The average molecular weight is 365 g/mol. The molecule has 0 aliphatic carbocycles. The van der Waals surface area contributed by atoms with Crippen molar-refractivity contribution in [2.24, 2.45) is 0 Å². The Labute approximate surface area is 158 Å². The number of nitrogens with zero attached hydrogens (tertiary/aromatic N) is 3. The number of carbonyl (C=O) groups is 1. The number of rotatable bonds is 6. The van der Waals surface area contributed by atoms with E-state index in [1.165, 1.54) is 0 Å². The lowest BCUT2D eigenvalue weighted by Gasteiger charge is -2.15. The van der Waals surface area contributed by atoms with Gasteiger partial charge in [0.2, 0.25) is 11.8 Å². The molecule has 1 aromatic heterocycles. The first-order valence-electron chi connectivity index (χ1n) is 8.84. The Morgan fingerprint density at radius 3 is 2.37 bits per heavy atom. The third kappa shape index (κ3) is 4.73. The lowest BCUT2D eigenvalue weighted by Crippen LogP contribution is -2.26. The van der Waals surface area contributed by atoms with E-state index in [0.29, 0.717) is 17.3 Å². The molecule has 6 nitrogen and oxygen atoms in total. The highest BCUT2D eigenvalue weighted by atomic mass is 16.5. The number of aromatic nitrogens is 2. The Kier molecular flexibility index (Phi) is 5.54. The smallest absolute Gasteiger partial charge is 0.254 e. The van der Waals surface area contributed by atoms with Gasteiger partial charge in [0.15, 0.2) is 0 Å². The Hall–Kier alpha value is -3.15. The quantitative estimate of drug-likeness (QED) is 0.658. The second-order valence-corrected chi connectivity index (χ2v) is 6.72. The van der Waals surface area contributed by atoms with Gasteiger partial charge in [0, 0.05) is 18.2 Å².